The molecule has 0 aromatic heterocycles. The SMILES string of the molecule is CC(C)(C)OC(=O)C#CC(CC/C=C/C(=O)OC(C)(C)C)CCCCl. The molecule has 0 radical (unpaired) electrons. The van der Waals surface area contributed by atoms with Gasteiger partial charge in [0.2, 0.25) is 0 Å². The van der Waals surface area contributed by atoms with Crippen molar-refractivity contribution in [3.8, 4) is 11.8 Å². The van der Waals surface area contributed by atoms with Gasteiger partial charge in [-0.1, -0.05) is 12.0 Å². The fourth-order valence-electron chi connectivity index (χ4n) is 1.89. The molecule has 1 unspecified atom stereocenters. The van der Waals surface area contributed by atoms with Crippen LogP contribution < -0.4 is 0 Å². The molecule has 0 bridgehead atoms. The van der Waals surface area contributed by atoms with Crippen LogP contribution in [0.4, 0.5) is 0 Å². The van der Waals surface area contributed by atoms with Crippen molar-refractivity contribution < 1.29 is 19.1 Å². The van der Waals surface area contributed by atoms with Crippen molar-refractivity contribution in [2.24, 2.45) is 5.92 Å². The highest BCUT2D eigenvalue weighted by molar-refractivity contribution is 6.17. The molecule has 0 N–H and O–H groups in total. The van der Waals surface area contributed by atoms with Gasteiger partial charge >= 0.3 is 11.9 Å². The first-order valence-electron chi connectivity index (χ1n) is 8.63. The number of carbonyl (C=O) groups excluding carboxylic acids is 2. The van der Waals surface area contributed by atoms with Crippen molar-refractivity contribution in [2.75, 3.05) is 5.88 Å². The van der Waals surface area contributed by atoms with Crippen LogP contribution in [0.5, 0.6) is 0 Å². The van der Waals surface area contributed by atoms with Gasteiger partial charge in [-0.2, -0.15) is 0 Å². The Balaban J connectivity index is 4.55. The largest absolute Gasteiger partial charge is 0.457 e. The van der Waals surface area contributed by atoms with Crippen LogP contribution in [0.1, 0.15) is 67.2 Å². The average Bonchev–Trinajstić information content (AvgIpc) is 2.41. The predicted molar refractivity (Wildman–Crippen MR) is 101 cm³/mol. The number of carbonyl (C=O) groups is 2. The zero-order chi connectivity index (χ0) is 19.5. The lowest BCUT2D eigenvalue weighted by Gasteiger charge is -2.17. The monoisotopic (exact) mass is 370 g/mol. The van der Waals surface area contributed by atoms with E-state index in [9.17, 15) is 9.59 Å². The molecule has 1 atom stereocenters. The van der Waals surface area contributed by atoms with E-state index in [4.69, 9.17) is 21.1 Å². The second-order valence-corrected chi connectivity index (χ2v) is 8.19. The van der Waals surface area contributed by atoms with Crippen molar-refractivity contribution in [2.45, 2.75) is 78.4 Å². The summed E-state index contributed by atoms with van der Waals surface area (Å²) < 4.78 is 10.4. The van der Waals surface area contributed by atoms with Gasteiger partial charge in [0.15, 0.2) is 0 Å². The van der Waals surface area contributed by atoms with E-state index in [1.165, 1.54) is 6.08 Å². The highest BCUT2D eigenvalue weighted by Crippen LogP contribution is 2.15. The van der Waals surface area contributed by atoms with E-state index in [2.05, 4.69) is 11.8 Å². The lowest BCUT2D eigenvalue weighted by molar-refractivity contribution is -0.149. The summed E-state index contributed by atoms with van der Waals surface area (Å²) in [4.78, 5) is 23.3. The summed E-state index contributed by atoms with van der Waals surface area (Å²) >= 11 is 5.74. The van der Waals surface area contributed by atoms with Gasteiger partial charge in [-0.05, 0) is 67.2 Å². The first-order chi connectivity index (χ1) is 11.4. The minimum atomic E-state index is -0.548. The molecule has 0 aliphatic heterocycles. The molecular formula is C20H31ClO4. The summed E-state index contributed by atoms with van der Waals surface area (Å²) in [6.45, 7) is 10.9. The minimum Gasteiger partial charge on any atom is -0.457 e. The van der Waals surface area contributed by atoms with Crippen molar-refractivity contribution in [3.05, 3.63) is 12.2 Å². The molecule has 142 valence electrons. The van der Waals surface area contributed by atoms with Crippen LogP contribution in [-0.4, -0.2) is 29.0 Å². The highest BCUT2D eigenvalue weighted by atomic mass is 35.5. The summed E-state index contributed by atoms with van der Waals surface area (Å²) in [7, 11) is 0. The van der Waals surface area contributed by atoms with E-state index in [-0.39, 0.29) is 11.9 Å². The Morgan fingerprint density at radius 3 is 2.16 bits per heavy atom. The number of ether oxygens (including phenoxy) is 2. The molecule has 0 aromatic rings. The molecule has 0 saturated carbocycles. The van der Waals surface area contributed by atoms with E-state index in [1.807, 2.05) is 20.8 Å². The molecule has 0 fully saturated rings. The minimum absolute atomic E-state index is 0.0366. The Morgan fingerprint density at radius 1 is 1.04 bits per heavy atom. The van der Waals surface area contributed by atoms with Gasteiger partial charge < -0.3 is 9.47 Å². The van der Waals surface area contributed by atoms with Crippen LogP contribution in [0.3, 0.4) is 0 Å². The summed E-state index contributed by atoms with van der Waals surface area (Å²) in [5.41, 5.74) is -1.04. The molecule has 0 rings (SSSR count). The summed E-state index contributed by atoms with van der Waals surface area (Å²) in [6.07, 6.45) is 6.26. The molecule has 25 heavy (non-hydrogen) atoms. The predicted octanol–water partition coefficient (Wildman–Crippen LogP) is 4.64. The van der Waals surface area contributed by atoms with E-state index >= 15 is 0 Å². The third-order valence-electron chi connectivity index (χ3n) is 2.81. The van der Waals surface area contributed by atoms with Gasteiger partial charge in [0, 0.05) is 23.8 Å². The van der Waals surface area contributed by atoms with Crippen molar-refractivity contribution in [3.63, 3.8) is 0 Å². The number of allylic oxidation sites excluding steroid dienone is 1. The average molecular weight is 371 g/mol. The Bertz CT molecular complexity index is 513. The number of esters is 2. The Morgan fingerprint density at radius 2 is 1.64 bits per heavy atom. The number of halogens is 1. The standard InChI is InChI=1S/C20H31ClO4/c1-19(2,3)24-17(22)12-8-7-10-16(11-9-15-21)13-14-18(23)25-20(4,5)6/h8,12,16H,7,9-11,15H2,1-6H3/b12-8+. The van der Waals surface area contributed by atoms with Gasteiger partial charge in [-0.15, -0.1) is 11.6 Å². The number of hydrogen-bond acceptors (Lipinski definition) is 4. The van der Waals surface area contributed by atoms with E-state index in [0.717, 1.165) is 19.3 Å². The quantitative estimate of drug-likeness (QED) is 0.215. The smallest absolute Gasteiger partial charge is 0.384 e. The first-order valence-corrected chi connectivity index (χ1v) is 9.16. The molecule has 0 heterocycles. The second-order valence-electron chi connectivity index (χ2n) is 7.81. The maximum atomic E-state index is 11.7. The van der Waals surface area contributed by atoms with Gasteiger partial charge in [0.25, 0.3) is 0 Å². The van der Waals surface area contributed by atoms with Crippen LogP contribution in [0.25, 0.3) is 0 Å². The zero-order valence-electron chi connectivity index (χ0n) is 16.3. The Hall–Kier alpha value is -1.47. The summed E-state index contributed by atoms with van der Waals surface area (Å²) in [5.74, 6) is 5.24. The molecule has 0 spiro atoms. The van der Waals surface area contributed by atoms with Crippen molar-refractivity contribution in [1.29, 1.82) is 0 Å². The zero-order valence-corrected chi connectivity index (χ0v) is 17.0. The number of rotatable bonds is 7. The van der Waals surface area contributed by atoms with Crippen LogP contribution in [0, 0.1) is 17.8 Å². The molecule has 0 aliphatic carbocycles. The normalized spacial score (nSPS) is 13.1. The second kappa shape index (κ2) is 11.2. The highest BCUT2D eigenvalue weighted by Gasteiger charge is 2.15. The Labute approximate surface area is 157 Å². The molecule has 4 nitrogen and oxygen atoms in total. The fourth-order valence-corrected chi connectivity index (χ4v) is 2.04. The lowest BCUT2D eigenvalue weighted by Crippen LogP contribution is -2.22. The molecule has 0 saturated heterocycles. The van der Waals surface area contributed by atoms with E-state index < -0.39 is 17.2 Å². The lowest BCUT2D eigenvalue weighted by atomic mass is 9.98. The maximum Gasteiger partial charge on any atom is 0.384 e. The third-order valence-corrected chi connectivity index (χ3v) is 3.07. The molecule has 0 amide bonds. The van der Waals surface area contributed by atoms with Crippen LogP contribution in [0.15, 0.2) is 12.2 Å². The van der Waals surface area contributed by atoms with Crippen molar-refractivity contribution >= 4 is 23.5 Å². The summed E-state index contributed by atoms with van der Waals surface area (Å²) in [6, 6.07) is 0. The van der Waals surface area contributed by atoms with Gasteiger partial charge in [-0.25, -0.2) is 9.59 Å². The first kappa shape index (κ1) is 23.5. The molecule has 0 aromatic carbocycles. The van der Waals surface area contributed by atoms with Crippen LogP contribution in [0.2, 0.25) is 0 Å². The Kier molecular flexibility index (Phi) is 10.5. The topological polar surface area (TPSA) is 52.6 Å². The van der Waals surface area contributed by atoms with E-state index in [0.29, 0.717) is 12.3 Å². The van der Waals surface area contributed by atoms with Gasteiger partial charge in [0.05, 0.1) is 0 Å². The van der Waals surface area contributed by atoms with Crippen LogP contribution in [-0.2, 0) is 19.1 Å². The van der Waals surface area contributed by atoms with Gasteiger partial charge in [0.1, 0.15) is 11.2 Å². The van der Waals surface area contributed by atoms with Crippen molar-refractivity contribution in [1.82, 2.24) is 0 Å². The molecule has 5 heteroatoms. The number of hydrogen-bond donors (Lipinski definition) is 0. The maximum absolute atomic E-state index is 11.7. The number of alkyl halides is 1. The molecule has 0 aliphatic rings. The molecular weight excluding hydrogens is 340 g/mol. The van der Waals surface area contributed by atoms with Crippen LogP contribution >= 0.6 is 11.6 Å². The van der Waals surface area contributed by atoms with E-state index in [1.54, 1.807) is 26.8 Å². The summed E-state index contributed by atoms with van der Waals surface area (Å²) in [5, 5.41) is 0. The fraction of sp³-hybridized carbons (Fsp3) is 0.700. The third kappa shape index (κ3) is 15.8. The van der Waals surface area contributed by atoms with Gasteiger partial charge in [-0.3, -0.25) is 0 Å².